The van der Waals surface area contributed by atoms with E-state index in [1.165, 1.54) is 0 Å². The standard InChI is InChI=1S/C18H13F2NO3S/c19-12-6-7-13(20)14(10-12)21-17(23)15(11-4-2-1-3-5-11)16(18(21)24)25-9-8-22/h1-7,10,22H,8-9H2. The van der Waals surface area contributed by atoms with Crippen LogP contribution in [0.25, 0.3) is 5.57 Å². The first-order chi connectivity index (χ1) is 12.0. The molecule has 0 aromatic heterocycles. The predicted octanol–water partition coefficient (Wildman–Crippen LogP) is 2.97. The molecule has 1 N–H and O–H groups in total. The molecule has 128 valence electrons. The summed E-state index contributed by atoms with van der Waals surface area (Å²) in [4.78, 5) is 26.3. The summed E-state index contributed by atoms with van der Waals surface area (Å²) in [5, 5.41) is 9.04. The Balaban J connectivity index is 2.11. The number of halogens is 2. The van der Waals surface area contributed by atoms with Crippen molar-refractivity contribution in [3.63, 3.8) is 0 Å². The molecule has 3 rings (SSSR count). The Kier molecular flexibility index (Phi) is 4.96. The SMILES string of the molecule is O=C1C(SCCO)=C(c2ccccc2)C(=O)N1c1cc(F)ccc1F. The van der Waals surface area contributed by atoms with E-state index in [9.17, 15) is 18.4 Å². The average Bonchev–Trinajstić information content (AvgIpc) is 2.86. The number of nitrogens with zero attached hydrogens (tertiary/aromatic N) is 1. The second-order valence-corrected chi connectivity index (χ2v) is 6.29. The lowest BCUT2D eigenvalue weighted by atomic mass is 10.1. The van der Waals surface area contributed by atoms with Crippen LogP contribution < -0.4 is 4.90 Å². The van der Waals surface area contributed by atoms with Gasteiger partial charge in [0.25, 0.3) is 11.8 Å². The van der Waals surface area contributed by atoms with Crippen LogP contribution in [0, 0.1) is 11.6 Å². The van der Waals surface area contributed by atoms with Crippen LogP contribution in [0.4, 0.5) is 14.5 Å². The third kappa shape index (κ3) is 3.20. The lowest BCUT2D eigenvalue weighted by Gasteiger charge is -2.16. The van der Waals surface area contributed by atoms with Gasteiger partial charge in [0.05, 0.1) is 22.8 Å². The lowest BCUT2D eigenvalue weighted by molar-refractivity contribution is -0.119. The first-order valence-electron chi connectivity index (χ1n) is 7.41. The number of hydrogen-bond donors (Lipinski definition) is 1. The van der Waals surface area contributed by atoms with E-state index < -0.39 is 29.1 Å². The summed E-state index contributed by atoms with van der Waals surface area (Å²) in [6.07, 6.45) is 0. The molecule has 2 amide bonds. The van der Waals surface area contributed by atoms with Crippen LogP contribution in [0.2, 0.25) is 0 Å². The van der Waals surface area contributed by atoms with Gasteiger partial charge < -0.3 is 5.11 Å². The molecule has 1 heterocycles. The van der Waals surface area contributed by atoms with Gasteiger partial charge in [-0.15, -0.1) is 11.8 Å². The Labute approximate surface area is 146 Å². The van der Waals surface area contributed by atoms with E-state index in [1.54, 1.807) is 30.3 Å². The van der Waals surface area contributed by atoms with E-state index in [4.69, 9.17) is 5.11 Å². The number of carbonyl (C=O) groups excluding carboxylic acids is 2. The minimum Gasteiger partial charge on any atom is -0.396 e. The van der Waals surface area contributed by atoms with Crippen LogP contribution in [0.5, 0.6) is 0 Å². The highest BCUT2D eigenvalue weighted by atomic mass is 32.2. The summed E-state index contributed by atoms with van der Waals surface area (Å²) < 4.78 is 27.6. The Bertz CT molecular complexity index is 868. The molecule has 0 aliphatic carbocycles. The van der Waals surface area contributed by atoms with Gasteiger partial charge in [0.2, 0.25) is 0 Å². The first-order valence-corrected chi connectivity index (χ1v) is 8.40. The molecule has 4 nitrogen and oxygen atoms in total. The fourth-order valence-corrected chi connectivity index (χ4v) is 3.39. The number of thioether (sulfide) groups is 1. The summed E-state index contributed by atoms with van der Waals surface area (Å²) in [7, 11) is 0. The van der Waals surface area contributed by atoms with Crippen molar-refractivity contribution in [1.29, 1.82) is 0 Å². The van der Waals surface area contributed by atoms with Gasteiger partial charge in [-0.3, -0.25) is 9.59 Å². The van der Waals surface area contributed by atoms with Crippen LogP contribution in [-0.4, -0.2) is 29.3 Å². The Hall–Kier alpha value is -2.51. The Morgan fingerprint density at radius 3 is 2.40 bits per heavy atom. The van der Waals surface area contributed by atoms with E-state index in [-0.39, 0.29) is 22.8 Å². The van der Waals surface area contributed by atoms with Gasteiger partial charge in [0.15, 0.2) is 0 Å². The normalized spacial score (nSPS) is 14.6. The maximum absolute atomic E-state index is 14.1. The maximum atomic E-state index is 14.1. The highest BCUT2D eigenvalue weighted by Crippen LogP contribution is 2.39. The number of rotatable bonds is 5. The van der Waals surface area contributed by atoms with Gasteiger partial charge in [-0.25, -0.2) is 13.7 Å². The van der Waals surface area contributed by atoms with Crippen LogP contribution in [0.15, 0.2) is 53.4 Å². The molecule has 0 atom stereocenters. The van der Waals surface area contributed by atoms with Crippen molar-refractivity contribution < 1.29 is 23.5 Å². The Morgan fingerprint density at radius 2 is 1.72 bits per heavy atom. The molecule has 0 radical (unpaired) electrons. The van der Waals surface area contributed by atoms with E-state index >= 15 is 0 Å². The second kappa shape index (κ2) is 7.16. The fourth-order valence-electron chi connectivity index (χ4n) is 2.53. The fraction of sp³-hybridized carbons (Fsp3) is 0.111. The van der Waals surface area contributed by atoms with Crippen molar-refractivity contribution in [2.45, 2.75) is 0 Å². The van der Waals surface area contributed by atoms with Crippen molar-refractivity contribution in [3.8, 4) is 0 Å². The summed E-state index contributed by atoms with van der Waals surface area (Å²) in [6, 6.07) is 11.1. The zero-order chi connectivity index (χ0) is 18.0. The number of anilines is 1. The molecule has 25 heavy (non-hydrogen) atoms. The molecule has 0 spiro atoms. The summed E-state index contributed by atoms with van der Waals surface area (Å²) >= 11 is 1.01. The molecule has 7 heteroatoms. The van der Waals surface area contributed by atoms with Gasteiger partial charge in [-0.2, -0.15) is 0 Å². The highest BCUT2D eigenvalue weighted by Gasteiger charge is 2.41. The third-order valence-electron chi connectivity index (χ3n) is 3.59. The quantitative estimate of drug-likeness (QED) is 0.832. The Morgan fingerprint density at radius 1 is 1.00 bits per heavy atom. The molecule has 0 unspecified atom stereocenters. The zero-order valence-electron chi connectivity index (χ0n) is 12.9. The molecular weight excluding hydrogens is 348 g/mol. The minimum atomic E-state index is -0.871. The predicted molar refractivity (Wildman–Crippen MR) is 91.8 cm³/mol. The van der Waals surface area contributed by atoms with Crippen molar-refractivity contribution in [2.75, 3.05) is 17.3 Å². The maximum Gasteiger partial charge on any atom is 0.272 e. The van der Waals surface area contributed by atoms with Crippen molar-refractivity contribution >= 4 is 34.8 Å². The largest absolute Gasteiger partial charge is 0.396 e. The molecule has 1 aliphatic rings. The van der Waals surface area contributed by atoms with E-state index in [0.717, 1.165) is 30.0 Å². The van der Waals surface area contributed by atoms with Gasteiger partial charge in [-0.05, 0) is 17.7 Å². The molecule has 2 aromatic rings. The summed E-state index contributed by atoms with van der Waals surface area (Å²) in [5.41, 5.74) is 0.191. The van der Waals surface area contributed by atoms with Crippen LogP contribution in [0.1, 0.15) is 5.56 Å². The third-order valence-corrected chi connectivity index (χ3v) is 4.64. The number of benzene rings is 2. The monoisotopic (exact) mass is 361 g/mol. The highest BCUT2D eigenvalue weighted by molar-refractivity contribution is 8.04. The average molecular weight is 361 g/mol. The van der Waals surface area contributed by atoms with Crippen LogP contribution in [-0.2, 0) is 9.59 Å². The van der Waals surface area contributed by atoms with Crippen LogP contribution in [0.3, 0.4) is 0 Å². The molecule has 0 bridgehead atoms. The molecule has 0 saturated heterocycles. The smallest absolute Gasteiger partial charge is 0.272 e. The number of aliphatic hydroxyl groups excluding tert-OH is 1. The number of hydrogen-bond acceptors (Lipinski definition) is 4. The number of aliphatic hydroxyl groups is 1. The summed E-state index contributed by atoms with van der Waals surface area (Å²) in [5.74, 6) is -2.88. The second-order valence-electron chi connectivity index (χ2n) is 5.18. The number of imide groups is 1. The van der Waals surface area contributed by atoms with E-state index in [2.05, 4.69) is 0 Å². The van der Waals surface area contributed by atoms with Crippen molar-refractivity contribution in [3.05, 3.63) is 70.6 Å². The van der Waals surface area contributed by atoms with Gasteiger partial charge in [-0.1, -0.05) is 30.3 Å². The molecule has 0 fully saturated rings. The van der Waals surface area contributed by atoms with Crippen molar-refractivity contribution in [2.24, 2.45) is 0 Å². The molecule has 0 saturated carbocycles. The molecular formula is C18H13F2NO3S. The minimum absolute atomic E-state index is 0.105. The van der Waals surface area contributed by atoms with E-state index in [1.807, 2.05) is 0 Å². The zero-order valence-corrected chi connectivity index (χ0v) is 13.7. The first kappa shape index (κ1) is 17.3. The lowest BCUT2D eigenvalue weighted by Crippen LogP contribution is -2.32. The van der Waals surface area contributed by atoms with Crippen molar-refractivity contribution in [1.82, 2.24) is 0 Å². The van der Waals surface area contributed by atoms with Gasteiger partial charge >= 0.3 is 0 Å². The van der Waals surface area contributed by atoms with E-state index in [0.29, 0.717) is 10.5 Å². The number of carbonyl (C=O) groups is 2. The summed E-state index contributed by atoms with van der Waals surface area (Å²) in [6.45, 7) is -0.188. The van der Waals surface area contributed by atoms with Gasteiger partial charge in [0, 0.05) is 11.8 Å². The van der Waals surface area contributed by atoms with Gasteiger partial charge in [0.1, 0.15) is 11.6 Å². The number of amides is 2. The topological polar surface area (TPSA) is 57.6 Å². The van der Waals surface area contributed by atoms with Crippen LogP contribution >= 0.6 is 11.8 Å². The molecule has 1 aliphatic heterocycles. The molecule has 2 aromatic carbocycles.